The molecule has 0 radical (unpaired) electrons. The number of nitrogens with one attached hydrogen (secondary N) is 1. The normalized spacial score (nSPS) is 43.2. The van der Waals surface area contributed by atoms with Gasteiger partial charge in [0.25, 0.3) is 0 Å². The van der Waals surface area contributed by atoms with Crippen molar-refractivity contribution in [3.05, 3.63) is 0 Å². The van der Waals surface area contributed by atoms with E-state index < -0.39 is 0 Å². The second-order valence-corrected chi connectivity index (χ2v) is 5.84. The van der Waals surface area contributed by atoms with Crippen molar-refractivity contribution in [3.8, 4) is 0 Å². The van der Waals surface area contributed by atoms with Crippen LogP contribution in [0.15, 0.2) is 0 Å². The molecule has 0 aliphatic heterocycles. The Bertz CT molecular complexity index is 170. The fourth-order valence-corrected chi connectivity index (χ4v) is 3.82. The third-order valence-electron chi connectivity index (χ3n) is 4.13. The topological polar surface area (TPSA) is 12.0 Å². The largest absolute Gasteiger partial charge is 0.316 e. The smallest absolute Gasteiger partial charge is 0.0121 e. The molecule has 13 heavy (non-hydrogen) atoms. The van der Waals surface area contributed by atoms with Crippen molar-refractivity contribution in [2.45, 2.75) is 52.0 Å². The highest BCUT2D eigenvalue weighted by Gasteiger charge is 2.42. The van der Waals surface area contributed by atoms with E-state index in [4.69, 9.17) is 0 Å². The van der Waals surface area contributed by atoms with Gasteiger partial charge in [-0.3, -0.25) is 0 Å². The molecular weight excluding hydrogens is 158 g/mol. The van der Waals surface area contributed by atoms with Crippen molar-refractivity contribution in [1.82, 2.24) is 5.32 Å². The highest BCUT2D eigenvalue weighted by molar-refractivity contribution is 4.96. The summed E-state index contributed by atoms with van der Waals surface area (Å²) in [5, 5.41) is 3.54. The van der Waals surface area contributed by atoms with Gasteiger partial charge in [-0.05, 0) is 50.0 Å². The maximum atomic E-state index is 3.54. The summed E-state index contributed by atoms with van der Waals surface area (Å²) in [7, 11) is 2.15. The molecule has 0 aromatic carbocycles. The van der Waals surface area contributed by atoms with E-state index in [2.05, 4.69) is 26.2 Å². The first kappa shape index (κ1) is 9.51. The Morgan fingerprint density at radius 2 is 1.62 bits per heavy atom. The molecule has 2 atom stereocenters. The molecule has 0 aromatic rings. The standard InChI is InChI=1S/C12H23N/c1-12(2)7-9-5-4-6-10(8-12)11(9)13-3/h9-11,13H,4-8H2,1-3H3. The van der Waals surface area contributed by atoms with E-state index in [-0.39, 0.29) is 0 Å². The summed E-state index contributed by atoms with van der Waals surface area (Å²) in [6.45, 7) is 4.90. The van der Waals surface area contributed by atoms with Gasteiger partial charge in [0.1, 0.15) is 0 Å². The van der Waals surface area contributed by atoms with Crippen LogP contribution in [0.1, 0.15) is 46.0 Å². The van der Waals surface area contributed by atoms with E-state index in [0.29, 0.717) is 5.41 Å². The second kappa shape index (κ2) is 3.27. The summed E-state index contributed by atoms with van der Waals surface area (Å²) in [6.07, 6.45) is 7.28. The van der Waals surface area contributed by atoms with Crippen LogP contribution in [0.5, 0.6) is 0 Å². The Labute approximate surface area is 82.3 Å². The number of hydrogen-bond donors (Lipinski definition) is 1. The zero-order valence-electron chi connectivity index (χ0n) is 9.27. The minimum atomic E-state index is 0.614. The molecule has 76 valence electrons. The minimum absolute atomic E-state index is 0.614. The second-order valence-electron chi connectivity index (χ2n) is 5.84. The maximum Gasteiger partial charge on any atom is 0.0121 e. The SMILES string of the molecule is CNC1C2CCCC1CC(C)(C)C2. The van der Waals surface area contributed by atoms with Gasteiger partial charge in [-0.15, -0.1) is 0 Å². The summed E-state index contributed by atoms with van der Waals surface area (Å²) in [5.41, 5.74) is 0.614. The molecule has 1 heteroatoms. The predicted octanol–water partition coefficient (Wildman–Crippen LogP) is 2.81. The molecule has 2 aliphatic carbocycles. The molecule has 2 aliphatic rings. The quantitative estimate of drug-likeness (QED) is 0.656. The lowest BCUT2D eigenvalue weighted by molar-refractivity contribution is 0.0447. The molecule has 2 rings (SSSR count). The molecule has 1 N–H and O–H groups in total. The molecule has 1 nitrogen and oxygen atoms in total. The summed E-state index contributed by atoms with van der Waals surface area (Å²) < 4.78 is 0. The lowest BCUT2D eigenvalue weighted by atomic mass is 9.60. The lowest BCUT2D eigenvalue weighted by Crippen LogP contribution is -2.49. The first-order chi connectivity index (χ1) is 6.12. The van der Waals surface area contributed by atoms with E-state index in [1.54, 1.807) is 0 Å². The average molecular weight is 181 g/mol. The van der Waals surface area contributed by atoms with Crippen LogP contribution in [0.25, 0.3) is 0 Å². The van der Waals surface area contributed by atoms with Crippen LogP contribution < -0.4 is 5.32 Å². The summed E-state index contributed by atoms with van der Waals surface area (Å²) in [5.74, 6) is 1.93. The monoisotopic (exact) mass is 181 g/mol. The zero-order chi connectivity index (χ0) is 9.47. The van der Waals surface area contributed by atoms with Crippen molar-refractivity contribution in [2.24, 2.45) is 17.3 Å². The fourth-order valence-electron chi connectivity index (χ4n) is 3.82. The van der Waals surface area contributed by atoms with Gasteiger partial charge >= 0.3 is 0 Å². The Balaban J connectivity index is 2.12. The molecular formula is C12H23N. The average Bonchev–Trinajstić information content (AvgIpc) is 2.01. The molecule has 0 spiro atoms. The predicted molar refractivity (Wildman–Crippen MR) is 56.7 cm³/mol. The summed E-state index contributed by atoms with van der Waals surface area (Å²) in [4.78, 5) is 0. The molecule has 2 saturated carbocycles. The van der Waals surface area contributed by atoms with Crippen molar-refractivity contribution >= 4 is 0 Å². The molecule has 0 heterocycles. The van der Waals surface area contributed by atoms with E-state index in [1.807, 2.05) is 0 Å². The molecule has 0 saturated heterocycles. The molecule has 2 unspecified atom stereocenters. The van der Waals surface area contributed by atoms with E-state index in [1.165, 1.54) is 32.1 Å². The number of fused-ring (bicyclic) bond motifs is 2. The van der Waals surface area contributed by atoms with Gasteiger partial charge in [0, 0.05) is 6.04 Å². The van der Waals surface area contributed by atoms with Gasteiger partial charge in [0.2, 0.25) is 0 Å². The van der Waals surface area contributed by atoms with Crippen molar-refractivity contribution in [2.75, 3.05) is 7.05 Å². The highest BCUT2D eigenvalue weighted by Crippen LogP contribution is 2.48. The lowest BCUT2D eigenvalue weighted by Gasteiger charge is -2.49. The van der Waals surface area contributed by atoms with Gasteiger partial charge in [0.05, 0.1) is 0 Å². The van der Waals surface area contributed by atoms with Crippen molar-refractivity contribution in [3.63, 3.8) is 0 Å². The highest BCUT2D eigenvalue weighted by atomic mass is 14.9. The Morgan fingerprint density at radius 1 is 1.08 bits per heavy atom. The number of hydrogen-bond acceptors (Lipinski definition) is 1. The first-order valence-electron chi connectivity index (χ1n) is 5.80. The van der Waals surface area contributed by atoms with Crippen molar-refractivity contribution in [1.29, 1.82) is 0 Å². The van der Waals surface area contributed by atoms with Gasteiger partial charge < -0.3 is 5.32 Å². The molecule has 2 bridgehead atoms. The van der Waals surface area contributed by atoms with Crippen LogP contribution in [0.3, 0.4) is 0 Å². The molecule has 0 aromatic heterocycles. The van der Waals surface area contributed by atoms with Crippen LogP contribution in [0.4, 0.5) is 0 Å². The Kier molecular flexibility index (Phi) is 2.39. The Hall–Kier alpha value is -0.0400. The Morgan fingerprint density at radius 3 is 2.08 bits per heavy atom. The first-order valence-corrected chi connectivity index (χ1v) is 5.80. The summed E-state index contributed by atoms with van der Waals surface area (Å²) >= 11 is 0. The van der Waals surface area contributed by atoms with Crippen LogP contribution >= 0.6 is 0 Å². The van der Waals surface area contributed by atoms with Crippen LogP contribution in [-0.4, -0.2) is 13.1 Å². The van der Waals surface area contributed by atoms with Gasteiger partial charge in [-0.2, -0.15) is 0 Å². The van der Waals surface area contributed by atoms with Gasteiger partial charge in [0.15, 0.2) is 0 Å². The third-order valence-corrected chi connectivity index (χ3v) is 4.13. The summed E-state index contributed by atoms with van der Waals surface area (Å²) in [6, 6.07) is 0.835. The van der Waals surface area contributed by atoms with Gasteiger partial charge in [-0.1, -0.05) is 20.3 Å². The fraction of sp³-hybridized carbons (Fsp3) is 1.00. The number of rotatable bonds is 1. The zero-order valence-corrected chi connectivity index (χ0v) is 9.27. The maximum absolute atomic E-state index is 3.54. The third kappa shape index (κ3) is 1.76. The van der Waals surface area contributed by atoms with Crippen LogP contribution in [-0.2, 0) is 0 Å². The molecule has 2 fully saturated rings. The van der Waals surface area contributed by atoms with Gasteiger partial charge in [-0.25, -0.2) is 0 Å². The van der Waals surface area contributed by atoms with Crippen LogP contribution in [0, 0.1) is 17.3 Å². The van der Waals surface area contributed by atoms with E-state index >= 15 is 0 Å². The van der Waals surface area contributed by atoms with E-state index in [9.17, 15) is 0 Å². The van der Waals surface area contributed by atoms with Crippen LogP contribution in [0.2, 0.25) is 0 Å². The minimum Gasteiger partial charge on any atom is -0.316 e. The van der Waals surface area contributed by atoms with Crippen molar-refractivity contribution < 1.29 is 0 Å². The van der Waals surface area contributed by atoms with E-state index in [0.717, 1.165) is 17.9 Å². The molecule has 0 amide bonds.